The van der Waals surface area contributed by atoms with E-state index in [2.05, 4.69) is 4.98 Å². The van der Waals surface area contributed by atoms with Gasteiger partial charge in [-0.05, 0) is 30.3 Å². The fraction of sp³-hybridized carbons (Fsp3) is 0. The van der Waals surface area contributed by atoms with Gasteiger partial charge in [-0.3, -0.25) is 0 Å². The van der Waals surface area contributed by atoms with Crippen molar-refractivity contribution in [2.45, 2.75) is 0 Å². The Balaban J connectivity index is 2.05. The van der Waals surface area contributed by atoms with Gasteiger partial charge in [0.1, 0.15) is 16.6 Å². The molecular weight excluding hydrogens is 313 g/mol. The second kappa shape index (κ2) is 5.34. The molecule has 0 spiro atoms. The summed E-state index contributed by atoms with van der Waals surface area (Å²) in [4.78, 5) is 2.44. The molecule has 0 unspecified atom stereocenters. The van der Waals surface area contributed by atoms with Crippen LogP contribution in [0.3, 0.4) is 0 Å². The summed E-state index contributed by atoms with van der Waals surface area (Å²) in [6, 6.07) is 6.52. The van der Waals surface area contributed by atoms with Gasteiger partial charge in [-0.25, -0.2) is 8.78 Å². The van der Waals surface area contributed by atoms with Gasteiger partial charge in [0.2, 0.25) is 5.82 Å². The number of aromatic amines is 1. The van der Waals surface area contributed by atoms with E-state index in [-0.39, 0.29) is 27.6 Å². The summed E-state index contributed by atoms with van der Waals surface area (Å²) in [6.07, 6.45) is 1.49. The quantitative estimate of drug-likeness (QED) is 0.716. The van der Waals surface area contributed by atoms with Crippen molar-refractivity contribution in [3.63, 3.8) is 0 Å². The fourth-order valence-corrected chi connectivity index (χ4v) is 2.23. The van der Waals surface area contributed by atoms with Gasteiger partial charge in [0.05, 0.1) is 5.52 Å². The van der Waals surface area contributed by atoms with Crippen LogP contribution in [-0.4, -0.2) is 9.97 Å². The van der Waals surface area contributed by atoms with Crippen LogP contribution < -0.4 is 10.5 Å². The predicted molar refractivity (Wildman–Crippen MR) is 80.6 cm³/mol. The van der Waals surface area contributed by atoms with Crippen LogP contribution in [-0.2, 0) is 0 Å². The fourth-order valence-electron chi connectivity index (χ4n) is 2.07. The number of hydrogen-bond acceptors (Lipinski definition) is 2. The van der Waals surface area contributed by atoms with Crippen molar-refractivity contribution in [3.8, 4) is 11.5 Å². The number of fused-ring (bicyclic) bond motifs is 1. The number of halogens is 3. The summed E-state index contributed by atoms with van der Waals surface area (Å²) in [5, 5.41) is 0.450. The zero-order valence-electron chi connectivity index (χ0n) is 11.0. The van der Waals surface area contributed by atoms with Gasteiger partial charge in [0.15, 0.2) is 11.6 Å². The molecule has 0 aliphatic heterocycles. The minimum Gasteiger partial charge on any atom is -0.454 e. The highest BCUT2D eigenvalue weighted by atomic mass is 32.1. The molecule has 3 aromatic rings. The number of benzene rings is 2. The van der Waals surface area contributed by atoms with Crippen LogP contribution in [0.5, 0.6) is 11.5 Å². The second-order valence-corrected chi connectivity index (χ2v) is 4.99. The average molecular weight is 322 g/mol. The van der Waals surface area contributed by atoms with Gasteiger partial charge in [-0.2, -0.15) is 4.39 Å². The number of aromatic nitrogens is 1. The Morgan fingerprint density at radius 1 is 1.09 bits per heavy atom. The van der Waals surface area contributed by atoms with Gasteiger partial charge < -0.3 is 15.5 Å². The zero-order chi connectivity index (χ0) is 15.9. The molecule has 0 radical (unpaired) electrons. The van der Waals surface area contributed by atoms with Gasteiger partial charge in [0, 0.05) is 17.1 Å². The molecule has 0 amide bonds. The van der Waals surface area contributed by atoms with E-state index in [1.165, 1.54) is 24.4 Å². The molecule has 112 valence electrons. The van der Waals surface area contributed by atoms with Crippen molar-refractivity contribution < 1.29 is 17.9 Å². The van der Waals surface area contributed by atoms with E-state index in [1.54, 1.807) is 6.07 Å². The lowest BCUT2D eigenvalue weighted by Crippen LogP contribution is -2.11. The molecule has 0 saturated heterocycles. The van der Waals surface area contributed by atoms with E-state index in [4.69, 9.17) is 22.7 Å². The molecule has 0 aliphatic carbocycles. The number of hydrogen-bond donors (Lipinski definition) is 2. The van der Waals surface area contributed by atoms with Crippen LogP contribution in [0.15, 0.2) is 36.5 Å². The van der Waals surface area contributed by atoms with E-state index in [0.717, 1.165) is 6.07 Å². The van der Waals surface area contributed by atoms with Crippen LogP contribution >= 0.6 is 12.2 Å². The molecule has 3 rings (SSSR count). The molecule has 22 heavy (non-hydrogen) atoms. The van der Waals surface area contributed by atoms with Crippen molar-refractivity contribution >= 4 is 28.1 Å². The van der Waals surface area contributed by atoms with Crippen molar-refractivity contribution in [2.75, 3.05) is 0 Å². The average Bonchev–Trinajstić information content (AvgIpc) is 2.94. The van der Waals surface area contributed by atoms with Gasteiger partial charge >= 0.3 is 0 Å². The monoisotopic (exact) mass is 322 g/mol. The third-order valence-electron chi connectivity index (χ3n) is 3.13. The Kier molecular flexibility index (Phi) is 3.50. The highest BCUT2D eigenvalue weighted by Crippen LogP contribution is 2.31. The maximum atomic E-state index is 14.0. The van der Waals surface area contributed by atoms with E-state index in [0.29, 0.717) is 5.39 Å². The van der Waals surface area contributed by atoms with Crippen molar-refractivity contribution in [3.05, 3.63) is 59.5 Å². The van der Waals surface area contributed by atoms with E-state index in [1.807, 2.05) is 0 Å². The van der Waals surface area contributed by atoms with Gasteiger partial charge in [-0.1, -0.05) is 12.2 Å². The Hall–Kier alpha value is -2.54. The zero-order valence-corrected chi connectivity index (χ0v) is 11.8. The minimum absolute atomic E-state index is 0.0314. The first-order chi connectivity index (χ1) is 10.5. The van der Waals surface area contributed by atoms with Gasteiger partial charge in [0.25, 0.3) is 0 Å². The summed E-state index contributed by atoms with van der Waals surface area (Å²) in [5.41, 5.74) is 5.41. The summed E-state index contributed by atoms with van der Waals surface area (Å²) >= 11 is 4.72. The van der Waals surface area contributed by atoms with Crippen LogP contribution in [0, 0.1) is 17.5 Å². The molecule has 1 aromatic heterocycles. The molecule has 3 N–H and O–H groups in total. The SMILES string of the molecule is NC(=S)c1cc(Oc2cc3cc[nH]c3c(F)c2F)ccc1F. The van der Waals surface area contributed by atoms with Crippen molar-refractivity contribution in [1.29, 1.82) is 0 Å². The first-order valence-corrected chi connectivity index (χ1v) is 6.60. The van der Waals surface area contributed by atoms with Crippen molar-refractivity contribution in [1.82, 2.24) is 4.98 Å². The second-order valence-electron chi connectivity index (χ2n) is 4.55. The van der Waals surface area contributed by atoms with Gasteiger partial charge in [-0.15, -0.1) is 0 Å². The number of H-pyrrole nitrogens is 1. The minimum atomic E-state index is -1.14. The molecule has 3 nitrogen and oxygen atoms in total. The van der Waals surface area contributed by atoms with Crippen LogP contribution in [0.25, 0.3) is 10.9 Å². The Bertz CT molecular complexity index is 892. The number of ether oxygens (including phenoxy) is 1. The largest absolute Gasteiger partial charge is 0.454 e. The third-order valence-corrected chi connectivity index (χ3v) is 3.35. The highest BCUT2D eigenvalue weighted by molar-refractivity contribution is 7.80. The molecule has 2 aromatic carbocycles. The van der Waals surface area contributed by atoms with Crippen LogP contribution in [0.4, 0.5) is 13.2 Å². The van der Waals surface area contributed by atoms with E-state index >= 15 is 0 Å². The third kappa shape index (κ3) is 2.39. The number of thiocarbonyl (C=S) groups is 1. The van der Waals surface area contributed by atoms with Crippen LogP contribution in [0.1, 0.15) is 5.56 Å². The molecule has 0 saturated carbocycles. The smallest absolute Gasteiger partial charge is 0.203 e. The predicted octanol–water partition coefficient (Wildman–Crippen LogP) is 4.01. The Morgan fingerprint density at radius 2 is 1.86 bits per heavy atom. The molecule has 1 heterocycles. The lowest BCUT2D eigenvalue weighted by Gasteiger charge is -2.10. The molecule has 0 fully saturated rings. The molecular formula is C15H9F3N2OS. The first kappa shape index (κ1) is 14.4. The highest BCUT2D eigenvalue weighted by Gasteiger charge is 2.17. The Morgan fingerprint density at radius 3 is 2.59 bits per heavy atom. The maximum Gasteiger partial charge on any atom is 0.203 e. The summed E-state index contributed by atoms with van der Waals surface area (Å²) in [5.74, 6) is -3.03. The lowest BCUT2D eigenvalue weighted by atomic mass is 10.2. The molecule has 0 atom stereocenters. The normalized spacial score (nSPS) is 10.9. The number of nitrogens with one attached hydrogen (secondary N) is 1. The van der Waals surface area contributed by atoms with E-state index < -0.39 is 17.5 Å². The molecule has 7 heteroatoms. The summed E-state index contributed by atoms with van der Waals surface area (Å²) in [7, 11) is 0. The standard InChI is InChI=1S/C15H9F3N2OS/c16-10-2-1-8(6-9(10)15(19)22)21-11-5-7-3-4-20-14(7)13(18)12(11)17/h1-6,20H,(H2,19,22). The van der Waals surface area contributed by atoms with Crippen LogP contribution in [0.2, 0.25) is 0 Å². The number of rotatable bonds is 3. The lowest BCUT2D eigenvalue weighted by molar-refractivity contribution is 0.418. The summed E-state index contributed by atoms with van der Waals surface area (Å²) < 4.78 is 46.7. The molecule has 0 aliphatic rings. The topological polar surface area (TPSA) is 51.0 Å². The molecule has 0 bridgehead atoms. The Labute approximate surface area is 128 Å². The van der Waals surface area contributed by atoms with Crippen molar-refractivity contribution in [2.24, 2.45) is 5.73 Å². The number of nitrogens with two attached hydrogens (primary N) is 1. The summed E-state index contributed by atoms with van der Waals surface area (Å²) in [6.45, 7) is 0. The maximum absolute atomic E-state index is 14.0. The van der Waals surface area contributed by atoms with E-state index in [9.17, 15) is 13.2 Å². The first-order valence-electron chi connectivity index (χ1n) is 6.19.